The van der Waals surface area contributed by atoms with Crippen LogP contribution in [0.3, 0.4) is 0 Å². The van der Waals surface area contributed by atoms with Crippen LogP contribution in [0, 0.1) is 5.82 Å². The highest BCUT2D eigenvalue weighted by atomic mass is 19.1. The molecular weight excluding hydrogens is 451 g/mol. The normalized spacial score (nSPS) is 11.0. The van der Waals surface area contributed by atoms with E-state index in [9.17, 15) is 9.18 Å². The first-order valence-electron chi connectivity index (χ1n) is 13.5. The van der Waals surface area contributed by atoms with E-state index >= 15 is 0 Å². The number of ether oxygens (including phenoxy) is 1. The van der Waals surface area contributed by atoms with Crippen LogP contribution in [0.5, 0.6) is 5.75 Å². The van der Waals surface area contributed by atoms with E-state index in [1.807, 2.05) is 24.4 Å². The summed E-state index contributed by atoms with van der Waals surface area (Å²) >= 11 is 0. The lowest BCUT2D eigenvalue weighted by Crippen LogP contribution is -2.09. The zero-order valence-electron chi connectivity index (χ0n) is 21.8. The monoisotopic (exact) mass is 490 g/mol. The van der Waals surface area contributed by atoms with Gasteiger partial charge in [0.2, 0.25) is 0 Å². The van der Waals surface area contributed by atoms with Gasteiger partial charge < -0.3 is 4.74 Å². The lowest BCUT2D eigenvalue weighted by atomic mass is 10.1. The zero-order chi connectivity index (χ0) is 25.6. The van der Waals surface area contributed by atoms with Gasteiger partial charge in [-0.25, -0.2) is 9.18 Å². The SMILES string of the molecule is CCCCCCCCCc1cnc(-c2ccc(C(=O)Oc3ccc(CCCCC)cc3F)cc2)cn1. The molecule has 1 heterocycles. The van der Waals surface area contributed by atoms with Gasteiger partial charge in [0.05, 0.1) is 23.1 Å². The summed E-state index contributed by atoms with van der Waals surface area (Å²) in [6.07, 6.45) is 17.6. The highest BCUT2D eigenvalue weighted by Crippen LogP contribution is 2.22. The van der Waals surface area contributed by atoms with Gasteiger partial charge in [-0.15, -0.1) is 0 Å². The highest BCUT2D eigenvalue weighted by molar-refractivity contribution is 5.91. The topological polar surface area (TPSA) is 52.1 Å². The van der Waals surface area contributed by atoms with Crippen LogP contribution in [0.15, 0.2) is 54.9 Å². The van der Waals surface area contributed by atoms with Gasteiger partial charge in [-0.1, -0.05) is 83.4 Å². The summed E-state index contributed by atoms with van der Waals surface area (Å²) in [4.78, 5) is 21.6. The van der Waals surface area contributed by atoms with Crippen molar-refractivity contribution >= 4 is 5.97 Å². The Morgan fingerprint density at radius 2 is 1.44 bits per heavy atom. The molecule has 0 radical (unpaired) electrons. The Balaban J connectivity index is 1.49. The average molecular weight is 491 g/mol. The molecule has 0 fully saturated rings. The predicted octanol–water partition coefficient (Wildman–Crippen LogP) is 8.53. The molecule has 36 heavy (non-hydrogen) atoms. The molecule has 0 amide bonds. The Morgan fingerprint density at radius 3 is 2.11 bits per heavy atom. The quantitative estimate of drug-likeness (QED) is 0.122. The minimum Gasteiger partial charge on any atom is -0.420 e. The number of aryl methyl sites for hydroxylation is 2. The number of rotatable bonds is 15. The van der Waals surface area contributed by atoms with Gasteiger partial charge in [-0.05, 0) is 55.5 Å². The standard InChI is InChI=1S/C31H39FN2O2/c1-3-5-7-8-9-10-12-14-27-22-34-29(23-33-27)25-16-18-26(19-17-25)31(35)36-30-20-15-24(21-28(30)32)13-11-6-4-2/h15-23H,3-14H2,1-2H3. The van der Waals surface area contributed by atoms with E-state index in [-0.39, 0.29) is 5.75 Å². The third-order valence-corrected chi connectivity index (χ3v) is 6.43. The molecule has 0 spiro atoms. The predicted molar refractivity (Wildman–Crippen MR) is 144 cm³/mol. The molecule has 0 saturated carbocycles. The van der Waals surface area contributed by atoms with Gasteiger partial charge in [0.1, 0.15) is 0 Å². The van der Waals surface area contributed by atoms with Crippen LogP contribution in [0.4, 0.5) is 4.39 Å². The van der Waals surface area contributed by atoms with Crippen molar-refractivity contribution in [2.24, 2.45) is 0 Å². The average Bonchev–Trinajstić information content (AvgIpc) is 2.90. The second-order valence-corrected chi connectivity index (χ2v) is 9.45. The number of carbonyl (C=O) groups excluding carboxylic acids is 1. The summed E-state index contributed by atoms with van der Waals surface area (Å²) in [6, 6.07) is 11.8. The van der Waals surface area contributed by atoms with Crippen molar-refractivity contribution in [1.82, 2.24) is 9.97 Å². The van der Waals surface area contributed by atoms with Crippen molar-refractivity contribution < 1.29 is 13.9 Å². The van der Waals surface area contributed by atoms with Crippen molar-refractivity contribution in [2.45, 2.75) is 90.9 Å². The van der Waals surface area contributed by atoms with Crippen molar-refractivity contribution in [3.8, 4) is 17.0 Å². The Labute approximate surface area is 215 Å². The van der Waals surface area contributed by atoms with E-state index < -0.39 is 11.8 Å². The molecule has 2 aromatic carbocycles. The molecule has 0 unspecified atom stereocenters. The highest BCUT2D eigenvalue weighted by Gasteiger charge is 2.13. The van der Waals surface area contributed by atoms with Crippen LogP contribution in [-0.4, -0.2) is 15.9 Å². The van der Waals surface area contributed by atoms with E-state index in [1.165, 1.54) is 50.7 Å². The van der Waals surface area contributed by atoms with Crippen molar-refractivity contribution in [2.75, 3.05) is 0 Å². The number of benzene rings is 2. The minimum absolute atomic E-state index is 0.0502. The maximum atomic E-state index is 14.4. The molecule has 0 N–H and O–H groups in total. The third-order valence-electron chi connectivity index (χ3n) is 6.43. The lowest BCUT2D eigenvalue weighted by molar-refractivity contribution is 0.0728. The number of aromatic nitrogens is 2. The van der Waals surface area contributed by atoms with Gasteiger partial charge >= 0.3 is 5.97 Å². The number of nitrogens with zero attached hydrogens (tertiary/aromatic N) is 2. The molecule has 0 aliphatic rings. The summed E-state index contributed by atoms with van der Waals surface area (Å²) in [5.41, 5.74) is 3.89. The zero-order valence-corrected chi connectivity index (χ0v) is 21.8. The van der Waals surface area contributed by atoms with Gasteiger partial charge in [0.25, 0.3) is 0 Å². The Hall–Kier alpha value is -3.08. The van der Waals surface area contributed by atoms with Crippen LogP contribution < -0.4 is 4.74 Å². The van der Waals surface area contributed by atoms with Crippen molar-refractivity contribution in [3.05, 3.63) is 77.5 Å². The summed E-state index contributed by atoms with van der Waals surface area (Å²) < 4.78 is 19.7. The molecule has 5 heteroatoms. The van der Waals surface area contributed by atoms with E-state index in [1.54, 1.807) is 18.3 Å². The lowest BCUT2D eigenvalue weighted by Gasteiger charge is -2.08. The second kappa shape index (κ2) is 15.1. The van der Waals surface area contributed by atoms with E-state index in [0.717, 1.165) is 61.0 Å². The second-order valence-electron chi connectivity index (χ2n) is 9.45. The van der Waals surface area contributed by atoms with Crippen molar-refractivity contribution in [3.63, 3.8) is 0 Å². The van der Waals surface area contributed by atoms with Gasteiger partial charge in [-0.2, -0.15) is 0 Å². The molecule has 0 atom stereocenters. The van der Waals surface area contributed by atoms with Gasteiger partial charge in [0, 0.05) is 11.8 Å². The number of carbonyl (C=O) groups is 1. The third kappa shape index (κ3) is 8.85. The summed E-state index contributed by atoms with van der Waals surface area (Å²) in [5, 5.41) is 0. The molecule has 4 nitrogen and oxygen atoms in total. The molecule has 3 aromatic rings. The molecular formula is C31H39FN2O2. The van der Waals surface area contributed by atoms with Crippen LogP contribution >= 0.6 is 0 Å². The molecule has 3 rings (SSSR count). The van der Waals surface area contributed by atoms with Gasteiger partial charge in [-0.3, -0.25) is 9.97 Å². The first-order valence-corrected chi connectivity index (χ1v) is 13.5. The molecule has 1 aromatic heterocycles. The molecule has 0 aliphatic carbocycles. The summed E-state index contributed by atoms with van der Waals surface area (Å²) in [6.45, 7) is 4.38. The number of esters is 1. The van der Waals surface area contributed by atoms with E-state index in [2.05, 4.69) is 23.8 Å². The maximum Gasteiger partial charge on any atom is 0.343 e. The Morgan fingerprint density at radius 1 is 0.778 bits per heavy atom. The minimum atomic E-state index is -0.588. The van der Waals surface area contributed by atoms with Gasteiger partial charge in [0.15, 0.2) is 11.6 Å². The first-order chi connectivity index (χ1) is 17.6. The fourth-order valence-corrected chi connectivity index (χ4v) is 4.19. The Kier molecular flexibility index (Phi) is 11.6. The van der Waals surface area contributed by atoms with Crippen LogP contribution in [-0.2, 0) is 12.8 Å². The molecule has 0 bridgehead atoms. The molecule has 0 saturated heterocycles. The van der Waals surface area contributed by atoms with Crippen molar-refractivity contribution in [1.29, 1.82) is 0 Å². The largest absolute Gasteiger partial charge is 0.420 e. The maximum absolute atomic E-state index is 14.4. The molecule has 192 valence electrons. The van der Waals surface area contributed by atoms with Crippen LogP contribution in [0.1, 0.15) is 99.7 Å². The fourth-order valence-electron chi connectivity index (χ4n) is 4.19. The summed E-state index contributed by atoms with van der Waals surface area (Å²) in [5.74, 6) is -1.15. The smallest absolute Gasteiger partial charge is 0.343 e. The molecule has 0 aliphatic heterocycles. The van der Waals surface area contributed by atoms with E-state index in [4.69, 9.17) is 4.74 Å². The Bertz CT molecular complexity index is 1060. The van der Waals surface area contributed by atoms with Crippen LogP contribution in [0.25, 0.3) is 11.3 Å². The van der Waals surface area contributed by atoms with E-state index in [0.29, 0.717) is 5.56 Å². The number of unbranched alkanes of at least 4 members (excludes halogenated alkanes) is 8. The fraction of sp³-hybridized carbons (Fsp3) is 0.452. The number of hydrogen-bond donors (Lipinski definition) is 0. The summed E-state index contributed by atoms with van der Waals surface area (Å²) in [7, 11) is 0. The van der Waals surface area contributed by atoms with Crippen LogP contribution in [0.2, 0.25) is 0 Å². The number of hydrogen-bond acceptors (Lipinski definition) is 4. The first kappa shape index (κ1) is 27.5. The number of halogens is 1.